The van der Waals surface area contributed by atoms with Crippen molar-refractivity contribution in [2.45, 2.75) is 45.7 Å². The quantitative estimate of drug-likeness (QED) is 0.682. The van der Waals surface area contributed by atoms with E-state index in [0.29, 0.717) is 31.6 Å². The number of nitrogens with two attached hydrogens (primary N) is 1. The van der Waals surface area contributed by atoms with Crippen LogP contribution in [0.25, 0.3) is 0 Å². The molecule has 1 fully saturated rings. The Morgan fingerprint density at radius 3 is 2.21 bits per heavy atom. The molecule has 0 bridgehead atoms. The van der Waals surface area contributed by atoms with Gasteiger partial charge in [0, 0.05) is 24.7 Å². The van der Waals surface area contributed by atoms with Crippen LogP contribution in [0.4, 0.5) is 10.1 Å². The number of piperidine rings is 1. The van der Waals surface area contributed by atoms with Crippen LogP contribution in [0, 0.1) is 17.7 Å². The van der Waals surface area contributed by atoms with Crippen LogP contribution < -0.4 is 16.4 Å². The molecule has 2 atom stereocenters. The Morgan fingerprint density at radius 2 is 1.68 bits per heavy atom. The highest BCUT2D eigenvalue weighted by molar-refractivity contribution is 5.97. The monoisotopic (exact) mass is 392 g/mol. The topological polar surface area (TPSA) is 105 Å². The minimum atomic E-state index is -0.730. The zero-order valence-electron chi connectivity index (χ0n) is 16.6. The van der Waals surface area contributed by atoms with Crippen LogP contribution in [-0.2, 0) is 14.4 Å². The van der Waals surface area contributed by atoms with Gasteiger partial charge in [-0.05, 0) is 49.9 Å². The highest BCUT2D eigenvalue weighted by Crippen LogP contribution is 2.19. The van der Waals surface area contributed by atoms with Crippen molar-refractivity contribution in [1.29, 1.82) is 0 Å². The molecule has 0 unspecified atom stereocenters. The first kappa shape index (κ1) is 21.8. The fourth-order valence-corrected chi connectivity index (χ4v) is 3.04. The summed E-state index contributed by atoms with van der Waals surface area (Å²) in [5.41, 5.74) is 6.38. The summed E-state index contributed by atoms with van der Waals surface area (Å²) in [5.74, 6) is -1.24. The van der Waals surface area contributed by atoms with E-state index in [-0.39, 0.29) is 29.6 Å². The van der Waals surface area contributed by atoms with Gasteiger partial charge in [0.25, 0.3) is 0 Å². The number of likely N-dealkylation sites (tertiary alicyclic amines) is 1. The van der Waals surface area contributed by atoms with Crippen molar-refractivity contribution in [2.24, 2.45) is 17.6 Å². The van der Waals surface area contributed by atoms with Crippen LogP contribution in [-0.4, -0.2) is 47.8 Å². The van der Waals surface area contributed by atoms with E-state index in [9.17, 15) is 18.8 Å². The first-order valence-corrected chi connectivity index (χ1v) is 9.60. The van der Waals surface area contributed by atoms with E-state index in [2.05, 4.69) is 10.6 Å². The van der Waals surface area contributed by atoms with Crippen molar-refractivity contribution in [2.75, 3.05) is 18.4 Å². The number of nitrogens with zero attached hydrogens (tertiary/aromatic N) is 1. The largest absolute Gasteiger partial charge is 0.344 e. The number of amides is 3. The number of anilines is 1. The molecule has 1 aliphatic heterocycles. The summed E-state index contributed by atoms with van der Waals surface area (Å²) in [6.45, 7) is 6.36. The zero-order chi connectivity index (χ0) is 20.8. The van der Waals surface area contributed by atoms with Crippen molar-refractivity contribution >= 4 is 23.4 Å². The average molecular weight is 392 g/mol. The maximum atomic E-state index is 12.9. The predicted molar refractivity (Wildman–Crippen MR) is 105 cm³/mol. The summed E-state index contributed by atoms with van der Waals surface area (Å²) in [6.07, 6.45) is 1.07. The Hall–Kier alpha value is -2.48. The maximum Gasteiger partial charge on any atom is 0.246 e. The van der Waals surface area contributed by atoms with Gasteiger partial charge in [-0.25, -0.2) is 4.39 Å². The number of hydrogen-bond donors (Lipinski definition) is 3. The van der Waals surface area contributed by atoms with Gasteiger partial charge in [-0.3, -0.25) is 14.4 Å². The number of benzene rings is 1. The van der Waals surface area contributed by atoms with Gasteiger partial charge in [-0.15, -0.1) is 0 Å². The third-order valence-corrected chi connectivity index (χ3v) is 5.04. The normalized spacial score (nSPS) is 17.1. The van der Waals surface area contributed by atoms with Crippen LogP contribution in [0.15, 0.2) is 24.3 Å². The Bertz CT molecular complexity index is 700. The molecule has 0 saturated carbocycles. The van der Waals surface area contributed by atoms with Gasteiger partial charge in [0.2, 0.25) is 17.7 Å². The maximum absolute atomic E-state index is 12.9. The van der Waals surface area contributed by atoms with Gasteiger partial charge in [0.1, 0.15) is 11.9 Å². The van der Waals surface area contributed by atoms with E-state index in [1.54, 1.807) is 11.8 Å². The second-order valence-electron chi connectivity index (χ2n) is 7.60. The van der Waals surface area contributed by atoms with Gasteiger partial charge in [0.05, 0.1) is 6.04 Å². The van der Waals surface area contributed by atoms with Crippen molar-refractivity contribution in [3.63, 3.8) is 0 Å². The summed E-state index contributed by atoms with van der Waals surface area (Å²) in [4.78, 5) is 38.7. The first-order valence-electron chi connectivity index (χ1n) is 9.60. The molecule has 0 aromatic heterocycles. The summed E-state index contributed by atoms with van der Waals surface area (Å²) in [7, 11) is 0. The minimum Gasteiger partial charge on any atom is -0.344 e. The number of hydrogen-bond acceptors (Lipinski definition) is 4. The lowest BCUT2D eigenvalue weighted by atomic mass is 9.94. The van der Waals surface area contributed by atoms with E-state index in [1.807, 2.05) is 13.8 Å². The number of carbonyl (C=O) groups excluding carboxylic acids is 3. The summed E-state index contributed by atoms with van der Waals surface area (Å²) in [6, 6.07) is 4.15. The highest BCUT2D eigenvalue weighted by Gasteiger charge is 2.31. The summed E-state index contributed by atoms with van der Waals surface area (Å²) >= 11 is 0. The second kappa shape index (κ2) is 9.64. The lowest BCUT2D eigenvalue weighted by molar-refractivity contribution is -0.137. The minimum absolute atomic E-state index is 0.0639. The fraction of sp³-hybridized carbons (Fsp3) is 0.550. The second-order valence-corrected chi connectivity index (χ2v) is 7.60. The SMILES string of the molecule is CC(C)[C@H](N)C(=O)N1CCC(C(=O)N[C@@H](C)C(=O)Nc2ccc(F)cc2)CC1. The molecule has 28 heavy (non-hydrogen) atoms. The summed E-state index contributed by atoms with van der Waals surface area (Å²) < 4.78 is 12.9. The van der Waals surface area contributed by atoms with E-state index in [4.69, 9.17) is 5.73 Å². The molecule has 1 saturated heterocycles. The van der Waals surface area contributed by atoms with Crippen LogP contribution in [0.2, 0.25) is 0 Å². The fourth-order valence-electron chi connectivity index (χ4n) is 3.04. The molecule has 8 heteroatoms. The van der Waals surface area contributed by atoms with Crippen LogP contribution in [0.1, 0.15) is 33.6 Å². The number of carbonyl (C=O) groups is 3. The Labute approximate surface area is 164 Å². The molecular weight excluding hydrogens is 363 g/mol. The Balaban J connectivity index is 1.80. The molecule has 0 radical (unpaired) electrons. The molecule has 2 rings (SSSR count). The third-order valence-electron chi connectivity index (χ3n) is 5.04. The molecule has 1 heterocycles. The van der Waals surface area contributed by atoms with Gasteiger partial charge in [-0.1, -0.05) is 13.8 Å². The molecule has 154 valence electrons. The van der Waals surface area contributed by atoms with Gasteiger partial charge in [0.15, 0.2) is 0 Å². The first-order chi connectivity index (χ1) is 13.2. The third kappa shape index (κ3) is 5.76. The standard InChI is InChI=1S/C20H29FN4O3/c1-12(2)17(22)20(28)25-10-8-14(9-11-25)19(27)23-13(3)18(26)24-16-6-4-15(21)5-7-16/h4-7,12-14,17H,8-11,22H2,1-3H3,(H,23,27)(H,24,26)/t13-,17-/m0/s1. The molecule has 7 nitrogen and oxygen atoms in total. The van der Waals surface area contributed by atoms with E-state index >= 15 is 0 Å². The van der Waals surface area contributed by atoms with E-state index in [0.717, 1.165) is 0 Å². The molecule has 3 amide bonds. The van der Waals surface area contributed by atoms with E-state index in [1.165, 1.54) is 24.3 Å². The molecule has 0 aliphatic carbocycles. The highest BCUT2D eigenvalue weighted by atomic mass is 19.1. The molecule has 1 aromatic carbocycles. The van der Waals surface area contributed by atoms with E-state index < -0.39 is 17.9 Å². The molecule has 1 aromatic rings. The molecule has 1 aliphatic rings. The van der Waals surface area contributed by atoms with Gasteiger partial charge >= 0.3 is 0 Å². The zero-order valence-corrected chi connectivity index (χ0v) is 16.6. The van der Waals surface area contributed by atoms with Gasteiger partial charge < -0.3 is 21.3 Å². The summed E-state index contributed by atoms with van der Waals surface area (Å²) in [5, 5.41) is 5.35. The number of nitrogens with one attached hydrogen (secondary N) is 2. The smallest absolute Gasteiger partial charge is 0.246 e. The van der Waals surface area contributed by atoms with Crippen LogP contribution in [0.3, 0.4) is 0 Å². The lowest BCUT2D eigenvalue weighted by Gasteiger charge is -2.34. The lowest BCUT2D eigenvalue weighted by Crippen LogP contribution is -2.51. The average Bonchev–Trinajstić information content (AvgIpc) is 2.68. The predicted octanol–water partition coefficient (Wildman–Crippen LogP) is 1.49. The number of halogens is 1. The van der Waals surface area contributed by atoms with Crippen molar-refractivity contribution in [3.05, 3.63) is 30.1 Å². The molecular formula is C20H29FN4O3. The van der Waals surface area contributed by atoms with Crippen molar-refractivity contribution < 1.29 is 18.8 Å². The van der Waals surface area contributed by atoms with Crippen molar-refractivity contribution in [3.8, 4) is 0 Å². The van der Waals surface area contributed by atoms with Crippen LogP contribution >= 0.6 is 0 Å². The Morgan fingerprint density at radius 1 is 1.11 bits per heavy atom. The van der Waals surface area contributed by atoms with Crippen LogP contribution in [0.5, 0.6) is 0 Å². The molecule has 0 spiro atoms. The van der Waals surface area contributed by atoms with Gasteiger partial charge in [-0.2, -0.15) is 0 Å². The Kier molecular flexibility index (Phi) is 7.51. The van der Waals surface area contributed by atoms with Crippen molar-refractivity contribution in [1.82, 2.24) is 10.2 Å². The number of rotatable bonds is 6. The molecule has 4 N–H and O–H groups in total.